The molecule has 0 aliphatic rings. The molecule has 1 N–H and O–H groups in total. The summed E-state index contributed by atoms with van der Waals surface area (Å²) in [4.78, 5) is 11.1. The Labute approximate surface area is 116 Å². The molecule has 0 radical (unpaired) electrons. The number of hydrogen-bond donors (Lipinski definition) is 1. The molecule has 1 atom stereocenters. The molecule has 106 valence electrons. The summed E-state index contributed by atoms with van der Waals surface area (Å²) in [6.45, 7) is 5.29. The molecule has 1 aromatic carbocycles. The first kappa shape index (κ1) is 15.7. The standard InChI is InChI=1S/C16H25NO2/c1-13(2)12-15(14-8-5-4-6-9-14)17-11-7-10-16(18)19-3/h4-6,8-9,13,15,17H,7,10-12H2,1-3H3. The summed E-state index contributed by atoms with van der Waals surface area (Å²) in [5, 5.41) is 3.54. The van der Waals surface area contributed by atoms with Crippen LogP contribution in [0, 0.1) is 5.92 Å². The molecule has 0 bridgehead atoms. The van der Waals surface area contributed by atoms with Gasteiger partial charge in [-0.25, -0.2) is 0 Å². The van der Waals surface area contributed by atoms with Gasteiger partial charge in [0, 0.05) is 12.5 Å². The third-order valence-electron chi connectivity index (χ3n) is 3.09. The lowest BCUT2D eigenvalue weighted by Gasteiger charge is -2.21. The van der Waals surface area contributed by atoms with Crippen molar-refractivity contribution in [2.24, 2.45) is 5.92 Å². The molecule has 3 heteroatoms. The van der Waals surface area contributed by atoms with Gasteiger partial charge in [0.1, 0.15) is 0 Å². The number of rotatable bonds is 8. The third kappa shape index (κ3) is 6.39. The SMILES string of the molecule is COC(=O)CCCNC(CC(C)C)c1ccccc1. The van der Waals surface area contributed by atoms with Crippen LogP contribution in [0.15, 0.2) is 30.3 Å². The van der Waals surface area contributed by atoms with Gasteiger partial charge in [-0.2, -0.15) is 0 Å². The highest BCUT2D eigenvalue weighted by atomic mass is 16.5. The molecule has 0 aliphatic heterocycles. The fraction of sp³-hybridized carbons (Fsp3) is 0.562. The van der Waals surface area contributed by atoms with Crippen molar-refractivity contribution in [1.29, 1.82) is 0 Å². The normalized spacial score (nSPS) is 12.4. The second kappa shape index (κ2) is 8.70. The fourth-order valence-electron chi connectivity index (χ4n) is 2.11. The van der Waals surface area contributed by atoms with E-state index in [9.17, 15) is 4.79 Å². The van der Waals surface area contributed by atoms with Gasteiger partial charge >= 0.3 is 5.97 Å². The van der Waals surface area contributed by atoms with Crippen LogP contribution in [0.1, 0.15) is 44.7 Å². The van der Waals surface area contributed by atoms with E-state index in [1.807, 2.05) is 6.07 Å². The Morgan fingerprint density at radius 3 is 2.53 bits per heavy atom. The number of esters is 1. The lowest BCUT2D eigenvalue weighted by molar-refractivity contribution is -0.140. The van der Waals surface area contributed by atoms with Crippen molar-refractivity contribution in [1.82, 2.24) is 5.32 Å². The second-order valence-electron chi connectivity index (χ2n) is 5.23. The minimum absolute atomic E-state index is 0.137. The molecular formula is C16H25NO2. The van der Waals surface area contributed by atoms with Crippen LogP contribution in [0.4, 0.5) is 0 Å². The van der Waals surface area contributed by atoms with E-state index in [0.29, 0.717) is 18.4 Å². The molecule has 3 nitrogen and oxygen atoms in total. The predicted octanol–water partition coefficient (Wildman–Crippen LogP) is 3.32. The van der Waals surface area contributed by atoms with Gasteiger partial charge in [-0.1, -0.05) is 44.2 Å². The largest absolute Gasteiger partial charge is 0.469 e. The summed E-state index contributed by atoms with van der Waals surface area (Å²) in [7, 11) is 1.43. The molecule has 0 aliphatic carbocycles. The van der Waals surface area contributed by atoms with Crippen LogP contribution in [0.3, 0.4) is 0 Å². The van der Waals surface area contributed by atoms with Crippen molar-refractivity contribution in [3.8, 4) is 0 Å². The van der Waals surface area contributed by atoms with E-state index < -0.39 is 0 Å². The minimum Gasteiger partial charge on any atom is -0.469 e. The quantitative estimate of drug-likeness (QED) is 0.577. The monoisotopic (exact) mass is 263 g/mol. The summed E-state index contributed by atoms with van der Waals surface area (Å²) in [5.74, 6) is 0.500. The van der Waals surface area contributed by atoms with Gasteiger partial charge in [0.2, 0.25) is 0 Å². The van der Waals surface area contributed by atoms with Crippen LogP contribution < -0.4 is 5.32 Å². The van der Waals surface area contributed by atoms with Crippen molar-refractivity contribution in [3.05, 3.63) is 35.9 Å². The maximum absolute atomic E-state index is 11.1. The maximum Gasteiger partial charge on any atom is 0.305 e. The van der Waals surface area contributed by atoms with Crippen LogP contribution >= 0.6 is 0 Å². The summed E-state index contributed by atoms with van der Waals surface area (Å²) in [6, 6.07) is 10.8. The van der Waals surface area contributed by atoms with Crippen molar-refractivity contribution in [2.75, 3.05) is 13.7 Å². The average Bonchev–Trinajstić information content (AvgIpc) is 2.42. The highest BCUT2D eigenvalue weighted by Gasteiger charge is 2.12. The summed E-state index contributed by atoms with van der Waals surface area (Å²) >= 11 is 0. The van der Waals surface area contributed by atoms with Gasteiger partial charge < -0.3 is 10.1 Å². The van der Waals surface area contributed by atoms with E-state index in [4.69, 9.17) is 0 Å². The highest BCUT2D eigenvalue weighted by Crippen LogP contribution is 2.20. The molecule has 1 rings (SSSR count). The van der Waals surface area contributed by atoms with Crippen molar-refractivity contribution in [3.63, 3.8) is 0 Å². The van der Waals surface area contributed by atoms with Gasteiger partial charge in [0.05, 0.1) is 7.11 Å². The molecule has 0 heterocycles. The molecule has 0 saturated carbocycles. The number of ether oxygens (including phenoxy) is 1. The van der Waals surface area contributed by atoms with Gasteiger partial charge in [-0.15, -0.1) is 0 Å². The fourth-order valence-corrected chi connectivity index (χ4v) is 2.11. The first-order chi connectivity index (χ1) is 9.13. The third-order valence-corrected chi connectivity index (χ3v) is 3.09. The second-order valence-corrected chi connectivity index (χ2v) is 5.23. The van der Waals surface area contributed by atoms with Crippen LogP contribution in [-0.4, -0.2) is 19.6 Å². The van der Waals surface area contributed by atoms with Crippen LogP contribution in [-0.2, 0) is 9.53 Å². The number of benzene rings is 1. The van der Waals surface area contributed by atoms with E-state index in [2.05, 4.69) is 48.2 Å². The zero-order chi connectivity index (χ0) is 14.1. The lowest BCUT2D eigenvalue weighted by Crippen LogP contribution is -2.24. The Morgan fingerprint density at radius 1 is 1.26 bits per heavy atom. The Morgan fingerprint density at radius 2 is 1.95 bits per heavy atom. The predicted molar refractivity (Wildman–Crippen MR) is 77.9 cm³/mol. The first-order valence-electron chi connectivity index (χ1n) is 6.98. The molecule has 0 saturated heterocycles. The number of carbonyl (C=O) groups is 1. The lowest BCUT2D eigenvalue weighted by atomic mass is 9.97. The molecular weight excluding hydrogens is 238 g/mol. The van der Waals surface area contributed by atoms with E-state index in [1.54, 1.807) is 0 Å². The molecule has 19 heavy (non-hydrogen) atoms. The van der Waals surface area contributed by atoms with Gasteiger partial charge in [0.15, 0.2) is 0 Å². The molecule has 1 unspecified atom stereocenters. The van der Waals surface area contributed by atoms with Crippen LogP contribution in [0.2, 0.25) is 0 Å². The van der Waals surface area contributed by atoms with Crippen molar-refractivity contribution >= 4 is 5.97 Å². The Bertz CT molecular complexity index is 362. The number of nitrogens with one attached hydrogen (secondary N) is 1. The molecule has 0 fully saturated rings. The topological polar surface area (TPSA) is 38.3 Å². The van der Waals surface area contributed by atoms with Crippen LogP contribution in [0.25, 0.3) is 0 Å². The molecule has 0 amide bonds. The Kier molecular flexibility index (Phi) is 7.19. The average molecular weight is 263 g/mol. The first-order valence-corrected chi connectivity index (χ1v) is 6.98. The van der Waals surface area contributed by atoms with Gasteiger partial charge in [0.25, 0.3) is 0 Å². The summed E-state index contributed by atoms with van der Waals surface area (Å²) in [6.07, 6.45) is 2.39. The highest BCUT2D eigenvalue weighted by molar-refractivity contribution is 5.69. The van der Waals surface area contributed by atoms with Crippen molar-refractivity contribution < 1.29 is 9.53 Å². The zero-order valence-electron chi connectivity index (χ0n) is 12.2. The van der Waals surface area contributed by atoms with E-state index in [-0.39, 0.29) is 5.97 Å². The van der Waals surface area contributed by atoms with E-state index in [1.165, 1.54) is 12.7 Å². The molecule has 0 spiro atoms. The molecule has 1 aromatic rings. The summed E-state index contributed by atoms with van der Waals surface area (Å²) in [5.41, 5.74) is 1.31. The number of methoxy groups -OCH3 is 1. The Balaban J connectivity index is 2.45. The minimum atomic E-state index is -0.137. The smallest absolute Gasteiger partial charge is 0.305 e. The number of carbonyl (C=O) groups excluding carboxylic acids is 1. The Hall–Kier alpha value is -1.35. The maximum atomic E-state index is 11.1. The number of hydrogen-bond acceptors (Lipinski definition) is 3. The van der Waals surface area contributed by atoms with Crippen molar-refractivity contribution in [2.45, 2.75) is 39.2 Å². The van der Waals surface area contributed by atoms with E-state index in [0.717, 1.165) is 19.4 Å². The van der Waals surface area contributed by atoms with E-state index >= 15 is 0 Å². The van der Waals surface area contributed by atoms with Gasteiger partial charge in [-0.3, -0.25) is 4.79 Å². The zero-order valence-corrected chi connectivity index (χ0v) is 12.2. The van der Waals surface area contributed by atoms with Gasteiger partial charge in [-0.05, 0) is 30.9 Å². The molecule has 0 aromatic heterocycles. The van der Waals surface area contributed by atoms with Crippen LogP contribution in [0.5, 0.6) is 0 Å². The summed E-state index contributed by atoms with van der Waals surface area (Å²) < 4.78 is 4.64.